The Labute approximate surface area is 141 Å². The van der Waals surface area contributed by atoms with Gasteiger partial charge in [0.1, 0.15) is 5.75 Å². The van der Waals surface area contributed by atoms with Gasteiger partial charge in [-0.2, -0.15) is 4.57 Å². The first-order valence-corrected chi connectivity index (χ1v) is 7.17. The molecular weight excluding hydrogens is 334 g/mol. The fourth-order valence-corrected chi connectivity index (χ4v) is 2.31. The van der Waals surface area contributed by atoms with Crippen molar-refractivity contribution < 1.29 is 24.0 Å². The first-order chi connectivity index (χ1) is 11.8. The molecule has 10 nitrogen and oxygen atoms in total. The van der Waals surface area contributed by atoms with Crippen molar-refractivity contribution in [1.82, 2.24) is 9.13 Å². The smallest absolute Gasteiger partial charge is 0.427 e. The molecule has 0 aliphatic heterocycles. The summed E-state index contributed by atoms with van der Waals surface area (Å²) < 4.78 is 11.4. The number of rotatable bonds is 4. The zero-order valence-corrected chi connectivity index (χ0v) is 13.7. The molecule has 0 aliphatic carbocycles. The number of carbonyl (C=O) groups is 2. The van der Waals surface area contributed by atoms with E-state index in [9.17, 15) is 24.5 Å². The van der Waals surface area contributed by atoms with Gasteiger partial charge in [0, 0.05) is 19.2 Å². The number of non-ortho nitro benzene ring substituents is 1. The van der Waals surface area contributed by atoms with E-state index < -0.39 is 22.7 Å². The SMILES string of the molecule is CCc1c(C(=O)OC)n(C)c(=O)n1C(=O)Oc1ccc([N+](=O)[O-])cc1. The molecule has 0 N–H and O–H groups in total. The van der Waals surface area contributed by atoms with Gasteiger partial charge in [-0.1, -0.05) is 6.92 Å². The number of nitrogens with zero attached hydrogens (tertiary/aromatic N) is 3. The molecule has 0 amide bonds. The van der Waals surface area contributed by atoms with Crippen LogP contribution in [0.3, 0.4) is 0 Å². The molecule has 0 atom stereocenters. The Morgan fingerprint density at radius 2 is 1.84 bits per heavy atom. The molecule has 0 spiro atoms. The Morgan fingerprint density at radius 3 is 2.32 bits per heavy atom. The van der Waals surface area contributed by atoms with Crippen LogP contribution in [0.2, 0.25) is 0 Å². The second-order valence-electron chi connectivity index (χ2n) is 4.94. The van der Waals surface area contributed by atoms with Crippen molar-refractivity contribution in [1.29, 1.82) is 0 Å². The molecule has 0 aliphatic rings. The Morgan fingerprint density at radius 1 is 1.24 bits per heavy atom. The first-order valence-electron chi connectivity index (χ1n) is 7.17. The van der Waals surface area contributed by atoms with E-state index in [0.717, 1.165) is 21.3 Å². The van der Waals surface area contributed by atoms with Crippen molar-refractivity contribution >= 4 is 17.7 Å². The number of carbonyl (C=O) groups excluding carboxylic acids is 2. The molecule has 132 valence electrons. The monoisotopic (exact) mass is 349 g/mol. The number of benzene rings is 1. The molecular formula is C15H15N3O7. The third-order valence-electron chi connectivity index (χ3n) is 3.51. The number of hydrogen-bond acceptors (Lipinski definition) is 7. The highest BCUT2D eigenvalue weighted by molar-refractivity contribution is 5.90. The molecule has 10 heteroatoms. The summed E-state index contributed by atoms with van der Waals surface area (Å²) in [6.45, 7) is 1.66. The van der Waals surface area contributed by atoms with E-state index in [0.29, 0.717) is 0 Å². The van der Waals surface area contributed by atoms with Gasteiger partial charge in [-0.3, -0.25) is 14.7 Å². The van der Waals surface area contributed by atoms with Crippen molar-refractivity contribution in [2.75, 3.05) is 7.11 Å². The number of methoxy groups -OCH3 is 1. The van der Waals surface area contributed by atoms with Crippen LogP contribution in [0.25, 0.3) is 0 Å². The largest absolute Gasteiger partial charge is 0.464 e. The van der Waals surface area contributed by atoms with Crippen LogP contribution in [0.1, 0.15) is 23.1 Å². The van der Waals surface area contributed by atoms with E-state index in [2.05, 4.69) is 4.74 Å². The Balaban J connectivity index is 2.41. The van der Waals surface area contributed by atoms with Crippen LogP contribution in [-0.4, -0.2) is 33.2 Å². The lowest BCUT2D eigenvalue weighted by Crippen LogP contribution is -2.31. The zero-order chi connectivity index (χ0) is 18.7. The average molecular weight is 349 g/mol. The zero-order valence-electron chi connectivity index (χ0n) is 13.7. The molecule has 0 bridgehead atoms. The van der Waals surface area contributed by atoms with Crippen LogP contribution in [0.5, 0.6) is 5.75 Å². The van der Waals surface area contributed by atoms with Crippen LogP contribution in [0.4, 0.5) is 10.5 Å². The predicted octanol–water partition coefficient (Wildman–Crippen LogP) is 1.49. The molecule has 0 saturated carbocycles. The molecule has 1 aromatic heterocycles. The highest BCUT2D eigenvalue weighted by Gasteiger charge is 2.27. The van der Waals surface area contributed by atoms with Gasteiger partial charge in [0.2, 0.25) is 0 Å². The number of nitro groups is 1. The van der Waals surface area contributed by atoms with Crippen molar-refractivity contribution in [2.45, 2.75) is 13.3 Å². The van der Waals surface area contributed by atoms with Crippen molar-refractivity contribution in [2.24, 2.45) is 7.05 Å². The Kier molecular flexibility index (Phi) is 5.01. The van der Waals surface area contributed by atoms with Gasteiger partial charge >= 0.3 is 17.8 Å². The van der Waals surface area contributed by atoms with Gasteiger partial charge in [-0.05, 0) is 18.6 Å². The molecule has 0 unspecified atom stereocenters. The van der Waals surface area contributed by atoms with Crippen molar-refractivity contribution in [3.63, 3.8) is 0 Å². The summed E-state index contributed by atoms with van der Waals surface area (Å²) in [7, 11) is 2.50. The van der Waals surface area contributed by atoms with E-state index in [-0.39, 0.29) is 29.2 Å². The molecule has 1 aromatic carbocycles. The number of nitro benzene ring substituents is 1. The first kappa shape index (κ1) is 17.9. The molecule has 2 rings (SSSR count). The minimum Gasteiger partial charge on any atom is -0.464 e. The summed E-state index contributed by atoms with van der Waals surface area (Å²) in [5.41, 5.74) is -0.829. The highest BCUT2D eigenvalue weighted by Crippen LogP contribution is 2.18. The quantitative estimate of drug-likeness (QED) is 0.465. The maximum absolute atomic E-state index is 12.4. The molecule has 2 aromatic rings. The Bertz CT molecular complexity index is 893. The van der Waals surface area contributed by atoms with E-state index in [1.54, 1.807) is 6.92 Å². The molecule has 0 fully saturated rings. The molecule has 25 heavy (non-hydrogen) atoms. The van der Waals surface area contributed by atoms with Crippen molar-refractivity contribution in [3.8, 4) is 5.75 Å². The summed E-state index contributed by atoms with van der Waals surface area (Å²) >= 11 is 0. The van der Waals surface area contributed by atoms with Crippen LogP contribution < -0.4 is 10.4 Å². The fourth-order valence-electron chi connectivity index (χ4n) is 2.31. The maximum Gasteiger partial charge on any atom is 0.427 e. The minimum absolute atomic E-state index is 0.0213. The van der Waals surface area contributed by atoms with E-state index in [4.69, 9.17) is 4.74 Å². The van der Waals surface area contributed by atoms with Crippen LogP contribution in [0, 0.1) is 10.1 Å². The highest BCUT2D eigenvalue weighted by atomic mass is 16.6. The summed E-state index contributed by atoms with van der Waals surface area (Å²) in [5.74, 6) is -0.730. The summed E-state index contributed by atoms with van der Waals surface area (Å²) in [5, 5.41) is 10.6. The van der Waals surface area contributed by atoms with E-state index in [1.807, 2.05) is 0 Å². The third-order valence-corrected chi connectivity index (χ3v) is 3.51. The van der Waals surface area contributed by atoms with E-state index in [1.165, 1.54) is 26.3 Å². The summed E-state index contributed by atoms with van der Waals surface area (Å²) in [6.07, 6.45) is -0.822. The summed E-state index contributed by atoms with van der Waals surface area (Å²) in [6, 6.07) is 4.79. The topological polar surface area (TPSA) is 123 Å². The number of esters is 1. The van der Waals surface area contributed by atoms with E-state index >= 15 is 0 Å². The number of imidazole rings is 1. The lowest BCUT2D eigenvalue weighted by atomic mass is 10.2. The van der Waals surface area contributed by atoms with Gasteiger partial charge in [-0.25, -0.2) is 14.4 Å². The normalized spacial score (nSPS) is 10.4. The van der Waals surface area contributed by atoms with Gasteiger partial charge in [0.05, 0.1) is 17.7 Å². The number of aromatic nitrogens is 2. The van der Waals surface area contributed by atoms with Crippen LogP contribution in [0.15, 0.2) is 29.1 Å². The van der Waals surface area contributed by atoms with Gasteiger partial charge < -0.3 is 9.47 Å². The minimum atomic E-state index is -1.03. The lowest BCUT2D eigenvalue weighted by Gasteiger charge is -2.07. The maximum atomic E-state index is 12.4. The average Bonchev–Trinajstić information content (AvgIpc) is 2.85. The van der Waals surface area contributed by atoms with Crippen LogP contribution in [-0.2, 0) is 18.2 Å². The van der Waals surface area contributed by atoms with Crippen molar-refractivity contribution in [3.05, 3.63) is 56.3 Å². The third kappa shape index (κ3) is 3.27. The fraction of sp³-hybridized carbons (Fsp3) is 0.267. The molecule has 0 saturated heterocycles. The summed E-state index contributed by atoms with van der Waals surface area (Å²) in [4.78, 5) is 46.5. The molecule has 0 radical (unpaired) electrons. The van der Waals surface area contributed by atoms with Gasteiger partial charge in [-0.15, -0.1) is 0 Å². The standard InChI is InChI=1S/C15H15N3O7/c1-4-11-12(13(19)24-3)16(2)14(20)17(11)15(21)25-10-7-5-9(6-8-10)18(22)23/h5-8H,4H2,1-3H3. The molecule has 1 heterocycles. The number of hydrogen-bond donors (Lipinski definition) is 0. The van der Waals surface area contributed by atoms with Gasteiger partial charge in [0.15, 0.2) is 5.69 Å². The second kappa shape index (κ2) is 6.99. The van der Waals surface area contributed by atoms with Crippen LogP contribution >= 0.6 is 0 Å². The van der Waals surface area contributed by atoms with Gasteiger partial charge in [0.25, 0.3) is 5.69 Å². The lowest BCUT2D eigenvalue weighted by molar-refractivity contribution is -0.384. The Hall–Kier alpha value is -3.43. The predicted molar refractivity (Wildman–Crippen MR) is 84.9 cm³/mol. The second-order valence-corrected chi connectivity index (χ2v) is 4.94. The number of ether oxygens (including phenoxy) is 2.